The first kappa shape index (κ1) is 20.8. The van der Waals surface area contributed by atoms with Crippen LogP contribution in [0.15, 0.2) is 84.4 Å². The molecule has 0 aliphatic carbocycles. The molecule has 3 aromatic carbocycles. The van der Waals surface area contributed by atoms with Gasteiger partial charge in [-0.15, -0.1) is 0 Å². The standard InChI is InChI=1S/C24H19N3O5/c1-32-19-12-10-17(11-13-19)26-22(16-8-5-9-18(14-16)27(30)31)20(23(28)24(26)29)21(25)15-6-3-2-4-7-15/h2-14,22H,25H2,1H3. The number of carbonyl (C=O) groups is 2. The number of hydrogen-bond donors (Lipinski definition) is 1. The highest BCUT2D eigenvalue weighted by atomic mass is 16.6. The summed E-state index contributed by atoms with van der Waals surface area (Å²) in [4.78, 5) is 38.4. The van der Waals surface area contributed by atoms with Crippen molar-refractivity contribution in [3.63, 3.8) is 0 Å². The lowest BCUT2D eigenvalue weighted by atomic mass is 9.94. The van der Waals surface area contributed by atoms with Crippen LogP contribution in [0.3, 0.4) is 0 Å². The van der Waals surface area contributed by atoms with Crippen molar-refractivity contribution in [1.82, 2.24) is 0 Å². The third-order valence-electron chi connectivity index (χ3n) is 5.31. The van der Waals surface area contributed by atoms with Crippen molar-refractivity contribution >= 4 is 28.8 Å². The summed E-state index contributed by atoms with van der Waals surface area (Å²) in [6, 6.07) is 20.4. The molecule has 1 atom stereocenters. The number of nitrogens with zero attached hydrogens (tertiary/aromatic N) is 2. The molecule has 8 nitrogen and oxygen atoms in total. The summed E-state index contributed by atoms with van der Waals surface area (Å²) in [5, 5.41) is 11.4. The molecule has 0 spiro atoms. The Morgan fingerprint density at radius 2 is 1.69 bits per heavy atom. The van der Waals surface area contributed by atoms with E-state index in [1.807, 2.05) is 6.07 Å². The summed E-state index contributed by atoms with van der Waals surface area (Å²) < 4.78 is 5.18. The minimum atomic E-state index is -0.927. The van der Waals surface area contributed by atoms with Gasteiger partial charge in [0, 0.05) is 23.5 Å². The van der Waals surface area contributed by atoms with Gasteiger partial charge < -0.3 is 10.5 Å². The van der Waals surface area contributed by atoms with Crippen LogP contribution in [0.5, 0.6) is 5.75 Å². The second kappa shape index (κ2) is 8.35. The summed E-state index contributed by atoms with van der Waals surface area (Å²) in [6.07, 6.45) is 0. The van der Waals surface area contributed by atoms with Crippen LogP contribution in [0.25, 0.3) is 5.70 Å². The SMILES string of the molecule is COc1ccc(N2C(=O)C(=O)C(=C(N)c3ccccc3)C2c2cccc([N+](=O)[O-])c2)cc1. The number of nitro benzene ring substituents is 1. The lowest BCUT2D eigenvalue weighted by Crippen LogP contribution is -2.29. The van der Waals surface area contributed by atoms with Crippen LogP contribution in [-0.4, -0.2) is 23.7 Å². The van der Waals surface area contributed by atoms with Crippen molar-refractivity contribution in [2.45, 2.75) is 6.04 Å². The molecular weight excluding hydrogens is 410 g/mol. The van der Waals surface area contributed by atoms with Crippen LogP contribution in [-0.2, 0) is 9.59 Å². The van der Waals surface area contributed by atoms with Gasteiger partial charge in [0.05, 0.1) is 23.6 Å². The van der Waals surface area contributed by atoms with E-state index in [0.717, 1.165) is 0 Å². The predicted octanol–water partition coefficient (Wildman–Crippen LogP) is 3.63. The molecule has 1 aliphatic rings. The molecule has 8 heteroatoms. The topological polar surface area (TPSA) is 116 Å². The molecule has 160 valence electrons. The van der Waals surface area contributed by atoms with Crippen molar-refractivity contribution in [2.75, 3.05) is 12.0 Å². The Balaban J connectivity index is 1.95. The van der Waals surface area contributed by atoms with Crippen LogP contribution in [0, 0.1) is 10.1 Å². The predicted molar refractivity (Wildman–Crippen MR) is 119 cm³/mol. The highest BCUT2D eigenvalue weighted by Crippen LogP contribution is 2.42. The van der Waals surface area contributed by atoms with Crippen LogP contribution in [0.4, 0.5) is 11.4 Å². The molecule has 1 fully saturated rings. The Bertz CT molecular complexity index is 1240. The average molecular weight is 429 g/mol. The average Bonchev–Trinajstić information content (AvgIpc) is 3.09. The Labute approximate surface area is 183 Å². The van der Waals surface area contributed by atoms with Gasteiger partial charge in [-0.05, 0) is 35.4 Å². The van der Waals surface area contributed by atoms with Crippen LogP contribution < -0.4 is 15.4 Å². The summed E-state index contributed by atoms with van der Waals surface area (Å²) in [7, 11) is 1.52. The largest absolute Gasteiger partial charge is 0.497 e. The number of benzene rings is 3. The minimum absolute atomic E-state index is 0.0810. The molecule has 0 bridgehead atoms. The molecule has 0 radical (unpaired) electrons. The summed E-state index contributed by atoms with van der Waals surface area (Å²) >= 11 is 0. The Morgan fingerprint density at radius 1 is 1.00 bits per heavy atom. The summed E-state index contributed by atoms with van der Waals surface area (Å²) in [5.41, 5.74) is 7.90. The molecule has 1 unspecified atom stereocenters. The first-order valence-electron chi connectivity index (χ1n) is 9.73. The van der Waals surface area contributed by atoms with E-state index < -0.39 is 22.7 Å². The summed E-state index contributed by atoms with van der Waals surface area (Å²) in [6.45, 7) is 0. The van der Waals surface area contributed by atoms with E-state index in [1.54, 1.807) is 54.6 Å². The van der Waals surface area contributed by atoms with E-state index >= 15 is 0 Å². The number of anilines is 1. The van der Waals surface area contributed by atoms with Gasteiger partial charge in [-0.1, -0.05) is 42.5 Å². The zero-order valence-electron chi connectivity index (χ0n) is 17.1. The van der Waals surface area contributed by atoms with Gasteiger partial charge in [0.25, 0.3) is 17.4 Å². The van der Waals surface area contributed by atoms with Gasteiger partial charge in [-0.3, -0.25) is 24.6 Å². The molecule has 0 aromatic heterocycles. The van der Waals surface area contributed by atoms with Gasteiger partial charge in [-0.2, -0.15) is 0 Å². The Kier molecular flexibility index (Phi) is 5.43. The van der Waals surface area contributed by atoms with Crippen LogP contribution >= 0.6 is 0 Å². The number of carbonyl (C=O) groups excluding carboxylic acids is 2. The van der Waals surface area contributed by atoms with E-state index in [-0.39, 0.29) is 17.0 Å². The van der Waals surface area contributed by atoms with Crippen molar-refractivity contribution in [3.05, 3.63) is 106 Å². The maximum Gasteiger partial charge on any atom is 0.300 e. The van der Waals surface area contributed by atoms with Crippen molar-refractivity contribution < 1.29 is 19.2 Å². The number of amides is 1. The number of rotatable bonds is 5. The van der Waals surface area contributed by atoms with Gasteiger partial charge in [0.2, 0.25) is 0 Å². The number of Topliss-reactive ketones (excluding diaryl/α,β-unsaturated/α-hetero) is 1. The fraction of sp³-hybridized carbons (Fsp3) is 0.0833. The molecule has 1 heterocycles. The molecule has 4 rings (SSSR count). The summed E-state index contributed by atoms with van der Waals surface area (Å²) in [5.74, 6) is -0.933. The van der Waals surface area contributed by atoms with E-state index in [2.05, 4.69) is 0 Å². The second-order valence-corrected chi connectivity index (χ2v) is 7.15. The number of ether oxygens (including phenoxy) is 1. The smallest absolute Gasteiger partial charge is 0.300 e. The quantitative estimate of drug-likeness (QED) is 0.287. The van der Waals surface area contributed by atoms with E-state index in [9.17, 15) is 19.7 Å². The fourth-order valence-electron chi connectivity index (χ4n) is 3.77. The van der Waals surface area contributed by atoms with E-state index in [0.29, 0.717) is 22.6 Å². The van der Waals surface area contributed by atoms with E-state index in [4.69, 9.17) is 10.5 Å². The monoisotopic (exact) mass is 429 g/mol. The van der Waals surface area contributed by atoms with Gasteiger partial charge in [0.15, 0.2) is 0 Å². The number of nitro groups is 1. The lowest BCUT2D eigenvalue weighted by Gasteiger charge is -2.25. The first-order chi connectivity index (χ1) is 15.4. The lowest BCUT2D eigenvalue weighted by molar-refractivity contribution is -0.384. The second-order valence-electron chi connectivity index (χ2n) is 7.15. The normalized spacial score (nSPS) is 17.4. The van der Waals surface area contributed by atoms with Crippen LogP contribution in [0.1, 0.15) is 17.2 Å². The number of ketones is 1. The zero-order valence-corrected chi connectivity index (χ0v) is 17.1. The number of methoxy groups -OCH3 is 1. The maximum absolute atomic E-state index is 13.1. The molecular formula is C24H19N3O5. The molecule has 0 saturated carbocycles. The van der Waals surface area contributed by atoms with Crippen molar-refractivity contribution in [2.24, 2.45) is 5.73 Å². The van der Waals surface area contributed by atoms with Crippen LogP contribution in [0.2, 0.25) is 0 Å². The highest BCUT2D eigenvalue weighted by Gasteiger charge is 2.46. The molecule has 1 saturated heterocycles. The number of non-ortho nitro benzene ring substituents is 1. The molecule has 1 amide bonds. The van der Waals surface area contributed by atoms with Crippen molar-refractivity contribution in [1.29, 1.82) is 0 Å². The molecule has 1 aliphatic heterocycles. The van der Waals surface area contributed by atoms with Gasteiger partial charge in [0.1, 0.15) is 5.75 Å². The number of nitrogens with two attached hydrogens (primary N) is 1. The fourth-order valence-corrected chi connectivity index (χ4v) is 3.77. The molecule has 32 heavy (non-hydrogen) atoms. The Hall–Kier alpha value is -4.46. The highest BCUT2D eigenvalue weighted by molar-refractivity contribution is 6.51. The maximum atomic E-state index is 13.1. The first-order valence-corrected chi connectivity index (χ1v) is 9.73. The molecule has 3 aromatic rings. The van der Waals surface area contributed by atoms with Crippen molar-refractivity contribution in [3.8, 4) is 5.75 Å². The number of hydrogen-bond acceptors (Lipinski definition) is 6. The van der Waals surface area contributed by atoms with Gasteiger partial charge >= 0.3 is 0 Å². The molecule has 2 N–H and O–H groups in total. The van der Waals surface area contributed by atoms with E-state index in [1.165, 1.54) is 30.2 Å². The third-order valence-corrected chi connectivity index (χ3v) is 5.31. The zero-order chi connectivity index (χ0) is 22.8. The Morgan fingerprint density at radius 3 is 2.31 bits per heavy atom. The minimum Gasteiger partial charge on any atom is -0.497 e. The third kappa shape index (κ3) is 3.58. The van der Waals surface area contributed by atoms with Gasteiger partial charge in [-0.25, -0.2) is 0 Å².